The highest BCUT2D eigenvalue weighted by Crippen LogP contribution is 2.33. The second-order valence-electron chi connectivity index (χ2n) is 4.36. The first-order valence-electron chi connectivity index (χ1n) is 5.82. The van der Waals surface area contributed by atoms with Crippen LogP contribution in [0.4, 0.5) is 11.4 Å². The molecular formula is C14H8N2O4. The number of hydrogen-bond donors (Lipinski definition) is 0. The Morgan fingerprint density at radius 2 is 1.50 bits per heavy atom. The topological polar surface area (TPSA) is 86.3 Å². The Labute approximate surface area is 112 Å². The van der Waals surface area contributed by atoms with Crippen LogP contribution in [0, 0.1) is 20.2 Å². The summed E-state index contributed by atoms with van der Waals surface area (Å²) in [5.74, 6) is 0. The second kappa shape index (κ2) is 4.27. The van der Waals surface area contributed by atoms with Crippen molar-refractivity contribution < 1.29 is 9.85 Å². The molecule has 0 aromatic heterocycles. The summed E-state index contributed by atoms with van der Waals surface area (Å²) in [6, 6.07) is 12.6. The van der Waals surface area contributed by atoms with E-state index in [0.29, 0.717) is 16.2 Å². The number of rotatable bonds is 2. The molecule has 0 aliphatic rings. The zero-order chi connectivity index (χ0) is 14.3. The van der Waals surface area contributed by atoms with E-state index in [1.54, 1.807) is 30.3 Å². The summed E-state index contributed by atoms with van der Waals surface area (Å²) in [4.78, 5) is 20.9. The minimum atomic E-state index is -0.477. The quantitative estimate of drug-likeness (QED) is 0.401. The highest BCUT2D eigenvalue weighted by Gasteiger charge is 2.14. The van der Waals surface area contributed by atoms with E-state index in [-0.39, 0.29) is 11.4 Å². The van der Waals surface area contributed by atoms with Gasteiger partial charge in [0.15, 0.2) is 0 Å². The van der Waals surface area contributed by atoms with Crippen LogP contribution in [0.1, 0.15) is 0 Å². The van der Waals surface area contributed by atoms with Crippen LogP contribution in [0.25, 0.3) is 21.5 Å². The molecule has 0 heterocycles. The number of nitrogens with zero attached hydrogens (tertiary/aromatic N) is 2. The summed E-state index contributed by atoms with van der Waals surface area (Å²) < 4.78 is 0. The summed E-state index contributed by atoms with van der Waals surface area (Å²) >= 11 is 0. The van der Waals surface area contributed by atoms with Crippen LogP contribution in [0.15, 0.2) is 48.5 Å². The molecule has 0 aliphatic carbocycles. The SMILES string of the molecule is O=[N+]([O-])c1ccc2ccc3c([N+](=O)[O-])cccc3c2c1. The minimum Gasteiger partial charge on any atom is -0.258 e. The van der Waals surface area contributed by atoms with Crippen LogP contribution in [-0.2, 0) is 0 Å². The molecule has 0 saturated heterocycles. The first kappa shape index (κ1) is 12.0. The number of non-ortho nitro benzene ring substituents is 2. The second-order valence-corrected chi connectivity index (χ2v) is 4.36. The predicted molar refractivity (Wildman–Crippen MR) is 74.8 cm³/mol. The molecule has 0 fully saturated rings. The van der Waals surface area contributed by atoms with Crippen molar-refractivity contribution in [1.29, 1.82) is 0 Å². The van der Waals surface area contributed by atoms with Gasteiger partial charge in [0.25, 0.3) is 11.4 Å². The van der Waals surface area contributed by atoms with Crippen molar-refractivity contribution >= 4 is 32.9 Å². The van der Waals surface area contributed by atoms with Gasteiger partial charge in [-0.05, 0) is 28.3 Å². The van der Waals surface area contributed by atoms with E-state index in [1.807, 2.05) is 0 Å². The third-order valence-corrected chi connectivity index (χ3v) is 3.25. The van der Waals surface area contributed by atoms with E-state index in [0.717, 1.165) is 5.39 Å². The lowest BCUT2D eigenvalue weighted by Crippen LogP contribution is -1.91. The maximum Gasteiger partial charge on any atom is 0.277 e. The lowest BCUT2D eigenvalue weighted by molar-refractivity contribution is -0.384. The standard InChI is InChI=1S/C14H8N2O4/c17-15(18)10-6-4-9-5-7-12-11(13(9)8-10)2-1-3-14(12)16(19)20/h1-8H. The van der Waals surface area contributed by atoms with Crippen molar-refractivity contribution in [1.82, 2.24) is 0 Å². The van der Waals surface area contributed by atoms with Crippen molar-refractivity contribution in [3.63, 3.8) is 0 Å². The molecule has 0 saturated carbocycles. The molecule has 3 aromatic rings. The van der Waals surface area contributed by atoms with Gasteiger partial charge in [0.2, 0.25) is 0 Å². The molecule has 6 heteroatoms. The van der Waals surface area contributed by atoms with Crippen LogP contribution in [0.3, 0.4) is 0 Å². The number of fused-ring (bicyclic) bond motifs is 3. The zero-order valence-electron chi connectivity index (χ0n) is 10.1. The Morgan fingerprint density at radius 1 is 0.750 bits per heavy atom. The Morgan fingerprint density at radius 3 is 2.20 bits per heavy atom. The molecule has 0 radical (unpaired) electrons. The number of nitro benzene ring substituents is 2. The first-order valence-corrected chi connectivity index (χ1v) is 5.82. The third kappa shape index (κ3) is 1.74. The molecule has 0 atom stereocenters. The maximum absolute atomic E-state index is 11.0. The Balaban J connectivity index is 2.45. The Bertz CT molecular complexity index is 874. The van der Waals surface area contributed by atoms with Crippen molar-refractivity contribution in [3.8, 4) is 0 Å². The molecule has 20 heavy (non-hydrogen) atoms. The fourth-order valence-electron chi connectivity index (χ4n) is 2.33. The van der Waals surface area contributed by atoms with E-state index in [4.69, 9.17) is 0 Å². The van der Waals surface area contributed by atoms with Gasteiger partial charge in [0.05, 0.1) is 15.2 Å². The molecule has 0 bridgehead atoms. The number of hydrogen-bond acceptors (Lipinski definition) is 4. The smallest absolute Gasteiger partial charge is 0.258 e. The van der Waals surface area contributed by atoms with Gasteiger partial charge in [0.1, 0.15) is 0 Å². The number of nitro groups is 2. The van der Waals surface area contributed by atoms with Crippen molar-refractivity contribution in [3.05, 3.63) is 68.8 Å². The highest BCUT2D eigenvalue weighted by atomic mass is 16.6. The molecule has 3 aromatic carbocycles. The van der Waals surface area contributed by atoms with E-state index < -0.39 is 9.85 Å². The van der Waals surface area contributed by atoms with Gasteiger partial charge in [0, 0.05) is 18.2 Å². The molecule has 3 rings (SSSR count). The van der Waals surface area contributed by atoms with E-state index >= 15 is 0 Å². The van der Waals surface area contributed by atoms with Crippen molar-refractivity contribution in [2.45, 2.75) is 0 Å². The van der Waals surface area contributed by atoms with Crippen molar-refractivity contribution in [2.75, 3.05) is 0 Å². The summed E-state index contributed by atoms with van der Waals surface area (Å²) in [7, 11) is 0. The minimum absolute atomic E-state index is 0.00379. The predicted octanol–water partition coefficient (Wildman–Crippen LogP) is 3.81. The maximum atomic E-state index is 11.0. The molecule has 0 aliphatic heterocycles. The van der Waals surface area contributed by atoms with Crippen LogP contribution in [0.2, 0.25) is 0 Å². The molecule has 98 valence electrons. The molecule has 6 nitrogen and oxygen atoms in total. The van der Waals surface area contributed by atoms with E-state index in [9.17, 15) is 20.2 Å². The van der Waals surface area contributed by atoms with Gasteiger partial charge in [-0.25, -0.2) is 0 Å². The molecule has 0 spiro atoms. The average Bonchev–Trinajstić information content (AvgIpc) is 2.45. The normalized spacial score (nSPS) is 10.8. The van der Waals surface area contributed by atoms with Gasteiger partial charge in [-0.15, -0.1) is 0 Å². The summed E-state index contributed by atoms with van der Waals surface area (Å²) in [5.41, 5.74) is -0.0348. The fraction of sp³-hybridized carbons (Fsp3) is 0. The van der Waals surface area contributed by atoms with Crippen LogP contribution >= 0.6 is 0 Å². The largest absolute Gasteiger partial charge is 0.277 e. The monoisotopic (exact) mass is 268 g/mol. The number of benzene rings is 3. The lowest BCUT2D eigenvalue weighted by Gasteiger charge is -2.04. The highest BCUT2D eigenvalue weighted by molar-refractivity contribution is 6.10. The summed E-state index contributed by atoms with van der Waals surface area (Å²) in [6.07, 6.45) is 0. The van der Waals surface area contributed by atoms with Gasteiger partial charge < -0.3 is 0 Å². The lowest BCUT2D eigenvalue weighted by atomic mass is 10.0. The Kier molecular flexibility index (Phi) is 2.57. The van der Waals surface area contributed by atoms with Crippen LogP contribution < -0.4 is 0 Å². The third-order valence-electron chi connectivity index (χ3n) is 3.25. The molecular weight excluding hydrogens is 260 g/mol. The summed E-state index contributed by atoms with van der Waals surface area (Å²) in [6.45, 7) is 0. The van der Waals surface area contributed by atoms with E-state index in [1.165, 1.54) is 18.2 Å². The van der Waals surface area contributed by atoms with Gasteiger partial charge >= 0.3 is 0 Å². The first-order chi connectivity index (χ1) is 9.58. The zero-order valence-corrected chi connectivity index (χ0v) is 10.1. The summed E-state index contributed by atoms with van der Waals surface area (Å²) in [5, 5.41) is 24.4. The van der Waals surface area contributed by atoms with Gasteiger partial charge in [-0.1, -0.05) is 18.2 Å². The molecule has 0 N–H and O–H groups in total. The van der Waals surface area contributed by atoms with Gasteiger partial charge in [-0.3, -0.25) is 20.2 Å². The average molecular weight is 268 g/mol. The molecule has 0 amide bonds. The fourth-order valence-corrected chi connectivity index (χ4v) is 2.33. The van der Waals surface area contributed by atoms with Crippen LogP contribution in [0.5, 0.6) is 0 Å². The Hall–Kier alpha value is -3.02. The van der Waals surface area contributed by atoms with Crippen molar-refractivity contribution in [2.24, 2.45) is 0 Å². The van der Waals surface area contributed by atoms with Crippen LogP contribution in [-0.4, -0.2) is 9.85 Å². The molecule has 0 unspecified atom stereocenters. The van der Waals surface area contributed by atoms with Gasteiger partial charge in [-0.2, -0.15) is 0 Å². The van der Waals surface area contributed by atoms with E-state index in [2.05, 4.69) is 0 Å².